The summed E-state index contributed by atoms with van der Waals surface area (Å²) in [6, 6.07) is 16.7. The molecule has 1 aliphatic heterocycles. The topological polar surface area (TPSA) is 66.8 Å². The summed E-state index contributed by atoms with van der Waals surface area (Å²) in [5.41, 5.74) is 2.33. The Morgan fingerprint density at radius 3 is 2.52 bits per heavy atom. The number of nitrogens with zero attached hydrogens (tertiary/aromatic N) is 1. The van der Waals surface area contributed by atoms with E-state index in [-0.39, 0.29) is 19.1 Å². The molecule has 0 spiro atoms. The van der Waals surface area contributed by atoms with Gasteiger partial charge >= 0.3 is 5.97 Å². The highest BCUT2D eigenvalue weighted by atomic mass is 16.5. The van der Waals surface area contributed by atoms with Crippen LogP contribution in [0.5, 0.6) is 0 Å². The number of ether oxygens (including phenoxy) is 1. The first-order valence-corrected chi connectivity index (χ1v) is 7.40. The molecule has 1 heterocycles. The van der Waals surface area contributed by atoms with Crippen LogP contribution >= 0.6 is 0 Å². The second-order valence-corrected chi connectivity index (χ2v) is 5.43. The van der Waals surface area contributed by atoms with Crippen LogP contribution in [-0.4, -0.2) is 30.1 Å². The van der Waals surface area contributed by atoms with Crippen molar-refractivity contribution in [1.82, 2.24) is 0 Å². The molecular formula is C18H17NO4. The number of carboxylic acids is 1. The Hall–Kier alpha value is -2.66. The number of carbonyl (C=O) groups is 2. The van der Waals surface area contributed by atoms with Gasteiger partial charge in [-0.25, -0.2) is 0 Å². The first kappa shape index (κ1) is 15.2. The number of para-hydroxylation sites is 1. The van der Waals surface area contributed by atoms with Gasteiger partial charge in [-0.05, 0) is 17.2 Å². The van der Waals surface area contributed by atoms with Gasteiger partial charge in [0, 0.05) is 12.2 Å². The monoisotopic (exact) mass is 311 g/mol. The summed E-state index contributed by atoms with van der Waals surface area (Å²) in [6.07, 6.45) is 0. The molecular weight excluding hydrogens is 294 g/mol. The SMILES string of the molecule is O=C(O)C1CN(C(=O)COCc2ccccc2)c2ccccc21. The zero-order valence-electron chi connectivity index (χ0n) is 12.5. The molecule has 1 N–H and O–H groups in total. The normalized spacial score (nSPS) is 16.2. The summed E-state index contributed by atoms with van der Waals surface area (Å²) >= 11 is 0. The third-order valence-corrected chi connectivity index (χ3v) is 3.90. The minimum atomic E-state index is -0.919. The van der Waals surface area contributed by atoms with Crippen LogP contribution in [0.1, 0.15) is 17.0 Å². The molecule has 118 valence electrons. The van der Waals surface area contributed by atoms with Crippen molar-refractivity contribution in [2.24, 2.45) is 0 Å². The van der Waals surface area contributed by atoms with E-state index in [1.54, 1.807) is 24.3 Å². The van der Waals surface area contributed by atoms with Crippen molar-refractivity contribution in [2.75, 3.05) is 18.1 Å². The van der Waals surface area contributed by atoms with Crippen molar-refractivity contribution in [3.63, 3.8) is 0 Å². The van der Waals surface area contributed by atoms with Gasteiger partial charge in [-0.3, -0.25) is 9.59 Å². The van der Waals surface area contributed by atoms with Crippen molar-refractivity contribution in [3.05, 3.63) is 65.7 Å². The molecule has 0 bridgehead atoms. The van der Waals surface area contributed by atoms with Gasteiger partial charge in [0.05, 0.1) is 6.61 Å². The van der Waals surface area contributed by atoms with E-state index in [2.05, 4.69) is 0 Å². The Morgan fingerprint density at radius 1 is 1.09 bits per heavy atom. The molecule has 0 fully saturated rings. The van der Waals surface area contributed by atoms with E-state index in [1.807, 2.05) is 30.3 Å². The van der Waals surface area contributed by atoms with Gasteiger partial charge in [0.2, 0.25) is 0 Å². The second kappa shape index (κ2) is 6.62. The maximum Gasteiger partial charge on any atom is 0.312 e. The maximum absolute atomic E-state index is 12.4. The largest absolute Gasteiger partial charge is 0.481 e. The van der Waals surface area contributed by atoms with Crippen LogP contribution in [0.4, 0.5) is 5.69 Å². The van der Waals surface area contributed by atoms with E-state index in [4.69, 9.17) is 4.74 Å². The van der Waals surface area contributed by atoms with Crippen LogP contribution in [0, 0.1) is 0 Å². The first-order valence-electron chi connectivity index (χ1n) is 7.40. The number of rotatable bonds is 5. The molecule has 5 nitrogen and oxygen atoms in total. The van der Waals surface area contributed by atoms with Crippen LogP contribution in [-0.2, 0) is 20.9 Å². The van der Waals surface area contributed by atoms with Crippen molar-refractivity contribution in [3.8, 4) is 0 Å². The first-order chi connectivity index (χ1) is 11.2. The molecule has 2 aromatic carbocycles. The summed E-state index contributed by atoms with van der Waals surface area (Å²) in [7, 11) is 0. The van der Waals surface area contributed by atoms with E-state index in [1.165, 1.54) is 4.90 Å². The molecule has 0 aromatic heterocycles. The van der Waals surface area contributed by atoms with Gasteiger partial charge < -0.3 is 14.7 Å². The molecule has 1 amide bonds. The fourth-order valence-corrected chi connectivity index (χ4v) is 2.76. The summed E-state index contributed by atoms with van der Waals surface area (Å²) in [5, 5.41) is 9.32. The van der Waals surface area contributed by atoms with E-state index >= 15 is 0 Å². The minimum Gasteiger partial charge on any atom is -0.481 e. The molecule has 0 aliphatic carbocycles. The number of benzene rings is 2. The standard InChI is InChI=1S/C18H17NO4/c20-17(12-23-11-13-6-2-1-3-7-13)19-10-15(18(21)22)14-8-4-5-9-16(14)19/h1-9,15H,10-12H2,(H,21,22). The number of anilines is 1. The van der Waals surface area contributed by atoms with Crippen molar-refractivity contribution in [1.29, 1.82) is 0 Å². The zero-order valence-corrected chi connectivity index (χ0v) is 12.5. The van der Waals surface area contributed by atoms with Gasteiger partial charge in [0.15, 0.2) is 0 Å². The Kier molecular flexibility index (Phi) is 4.39. The highest BCUT2D eigenvalue weighted by Gasteiger charge is 2.36. The molecule has 3 rings (SSSR count). The molecule has 1 atom stereocenters. The molecule has 2 aromatic rings. The van der Waals surface area contributed by atoms with Crippen molar-refractivity contribution < 1.29 is 19.4 Å². The molecule has 23 heavy (non-hydrogen) atoms. The van der Waals surface area contributed by atoms with Gasteiger partial charge in [0.1, 0.15) is 12.5 Å². The van der Waals surface area contributed by atoms with Crippen molar-refractivity contribution >= 4 is 17.6 Å². The number of hydrogen-bond acceptors (Lipinski definition) is 3. The number of carbonyl (C=O) groups excluding carboxylic acids is 1. The van der Waals surface area contributed by atoms with Crippen LogP contribution < -0.4 is 4.90 Å². The summed E-state index contributed by atoms with van der Waals surface area (Å²) in [5.74, 6) is -1.82. The Balaban J connectivity index is 1.65. The van der Waals surface area contributed by atoms with E-state index < -0.39 is 11.9 Å². The fourth-order valence-electron chi connectivity index (χ4n) is 2.76. The summed E-state index contributed by atoms with van der Waals surface area (Å²) in [6.45, 7) is 0.433. The predicted octanol–water partition coefficient (Wildman–Crippen LogP) is 2.42. The lowest BCUT2D eigenvalue weighted by Crippen LogP contribution is -2.34. The lowest BCUT2D eigenvalue weighted by atomic mass is 10.0. The number of carboxylic acid groups (broad SMARTS) is 1. The average Bonchev–Trinajstić information content (AvgIpc) is 2.96. The number of hydrogen-bond donors (Lipinski definition) is 1. The molecule has 0 saturated carbocycles. The highest BCUT2D eigenvalue weighted by Crippen LogP contribution is 2.36. The lowest BCUT2D eigenvalue weighted by Gasteiger charge is -2.17. The Bertz CT molecular complexity index is 714. The van der Waals surface area contributed by atoms with Gasteiger partial charge in [0.25, 0.3) is 5.91 Å². The third-order valence-electron chi connectivity index (χ3n) is 3.90. The maximum atomic E-state index is 12.4. The van der Waals surface area contributed by atoms with E-state index in [9.17, 15) is 14.7 Å². The molecule has 5 heteroatoms. The van der Waals surface area contributed by atoms with E-state index in [0.717, 1.165) is 5.56 Å². The average molecular weight is 311 g/mol. The van der Waals surface area contributed by atoms with E-state index in [0.29, 0.717) is 17.9 Å². The quantitative estimate of drug-likeness (QED) is 0.921. The zero-order chi connectivity index (χ0) is 16.2. The van der Waals surface area contributed by atoms with Crippen LogP contribution in [0.2, 0.25) is 0 Å². The van der Waals surface area contributed by atoms with Gasteiger partial charge in [-0.1, -0.05) is 48.5 Å². The minimum absolute atomic E-state index is 0.0738. The molecule has 1 aliphatic rings. The lowest BCUT2D eigenvalue weighted by molar-refractivity contribution is -0.138. The summed E-state index contributed by atoms with van der Waals surface area (Å²) < 4.78 is 5.47. The molecule has 0 saturated heterocycles. The van der Waals surface area contributed by atoms with Crippen molar-refractivity contribution in [2.45, 2.75) is 12.5 Å². The molecule has 1 unspecified atom stereocenters. The number of fused-ring (bicyclic) bond motifs is 1. The summed E-state index contributed by atoms with van der Waals surface area (Å²) in [4.78, 5) is 25.2. The van der Waals surface area contributed by atoms with Gasteiger partial charge in [-0.15, -0.1) is 0 Å². The van der Waals surface area contributed by atoms with Crippen LogP contribution in [0.25, 0.3) is 0 Å². The van der Waals surface area contributed by atoms with Crippen LogP contribution in [0.15, 0.2) is 54.6 Å². The smallest absolute Gasteiger partial charge is 0.312 e. The number of aliphatic carboxylic acids is 1. The third kappa shape index (κ3) is 3.24. The predicted molar refractivity (Wildman–Crippen MR) is 85.3 cm³/mol. The van der Waals surface area contributed by atoms with Gasteiger partial charge in [-0.2, -0.15) is 0 Å². The fraction of sp³-hybridized carbons (Fsp3) is 0.222. The second-order valence-electron chi connectivity index (χ2n) is 5.43. The molecule has 0 radical (unpaired) electrons. The van der Waals surface area contributed by atoms with Crippen LogP contribution in [0.3, 0.4) is 0 Å². The number of amides is 1. The highest BCUT2D eigenvalue weighted by molar-refractivity contribution is 5.99. The Morgan fingerprint density at radius 2 is 1.78 bits per heavy atom. The Labute approximate surface area is 134 Å².